The molecule has 5 heteroatoms. The average molecular weight is 354 g/mol. The molecule has 0 aliphatic rings. The number of benzene rings is 2. The summed E-state index contributed by atoms with van der Waals surface area (Å²) in [4.78, 5) is 11.8. The van der Waals surface area contributed by atoms with E-state index in [0.717, 1.165) is 15.8 Å². The highest BCUT2D eigenvalue weighted by molar-refractivity contribution is 9.10. The predicted molar refractivity (Wildman–Crippen MR) is 87.3 cm³/mol. The van der Waals surface area contributed by atoms with Crippen LogP contribution in [0.2, 0.25) is 5.02 Å². The highest BCUT2D eigenvalue weighted by Crippen LogP contribution is 2.22. The van der Waals surface area contributed by atoms with Crippen LogP contribution in [-0.4, -0.2) is 12.5 Å². The fourth-order valence-corrected chi connectivity index (χ4v) is 2.28. The highest BCUT2D eigenvalue weighted by atomic mass is 79.9. The number of hydrogen-bond donors (Lipinski definition) is 2. The van der Waals surface area contributed by atoms with Gasteiger partial charge in [-0.3, -0.25) is 4.79 Å². The Morgan fingerprint density at radius 3 is 2.40 bits per heavy atom. The summed E-state index contributed by atoms with van der Waals surface area (Å²) in [6.07, 6.45) is 0.368. The Labute approximate surface area is 131 Å². The van der Waals surface area contributed by atoms with E-state index in [9.17, 15) is 4.79 Å². The number of anilines is 2. The molecule has 0 bridgehead atoms. The van der Waals surface area contributed by atoms with Crippen molar-refractivity contribution in [1.82, 2.24) is 0 Å². The van der Waals surface area contributed by atoms with Gasteiger partial charge in [-0.1, -0.05) is 35.9 Å². The minimum atomic E-state index is -0.0450. The van der Waals surface area contributed by atoms with Crippen molar-refractivity contribution in [2.75, 3.05) is 17.2 Å². The third-order valence-corrected chi connectivity index (χ3v) is 3.71. The van der Waals surface area contributed by atoms with E-state index in [4.69, 9.17) is 11.6 Å². The molecule has 2 N–H and O–H groups in total. The standard InChI is InChI=1S/C15H14BrClN2O/c16-11-5-1-3-7-13(11)19-15(20)9-10-18-14-8-4-2-6-12(14)17/h1-8,18H,9-10H2,(H,19,20). The van der Waals surface area contributed by atoms with Gasteiger partial charge in [-0.25, -0.2) is 0 Å². The van der Waals surface area contributed by atoms with E-state index < -0.39 is 0 Å². The zero-order chi connectivity index (χ0) is 14.4. The molecular weight excluding hydrogens is 340 g/mol. The van der Waals surface area contributed by atoms with Crippen LogP contribution in [-0.2, 0) is 4.79 Å². The van der Waals surface area contributed by atoms with Crippen LogP contribution in [0.4, 0.5) is 11.4 Å². The summed E-state index contributed by atoms with van der Waals surface area (Å²) in [7, 11) is 0. The number of para-hydroxylation sites is 2. The predicted octanol–water partition coefficient (Wildman–Crippen LogP) is 4.54. The normalized spacial score (nSPS) is 10.1. The van der Waals surface area contributed by atoms with Gasteiger partial charge in [0.15, 0.2) is 0 Å². The zero-order valence-corrected chi connectivity index (χ0v) is 13.0. The smallest absolute Gasteiger partial charge is 0.226 e. The lowest BCUT2D eigenvalue weighted by Gasteiger charge is -2.09. The number of hydrogen-bond acceptors (Lipinski definition) is 2. The van der Waals surface area contributed by atoms with Crippen LogP contribution in [0.3, 0.4) is 0 Å². The van der Waals surface area contributed by atoms with E-state index in [0.29, 0.717) is 18.0 Å². The molecule has 2 aromatic carbocycles. The number of carbonyl (C=O) groups is 1. The van der Waals surface area contributed by atoms with Gasteiger partial charge in [-0.15, -0.1) is 0 Å². The van der Waals surface area contributed by atoms with Gasteiger partial charge in [-0.05, 0) is 40.2 Å². The molecule has 2 rings (SSSR count). The highest BCUT2D eigenvalue weighted by Gasteiger charge is 2.05. The van der Waals surface area contributed by atoms with Crippen molar-refractivity contribution in [1.29, 1.82) is 0 Å². The Morgan fingerprint density at radius 2 is 1.70 bits per heavy atom. The fraction of sp³-hybridized carbons (Fsp3) is 0.133. The largest absolute Gasteiger partial charge is 0.383 e. The van der Waals surface area contributed by atoms with Gasteiger partial charge in [-0.2, -0.15) is 0 Å². The van der Waals surface area contributed by atoms with Crippen molar-refractivity contribution in [3.8, 4) is 0 Å². The molecule has 3 nitrogen and oxygen atoms in total. The van der Waals surface area contributed by atoms with Crippen LogP contribution in [0.15, 0.2) is 53.0 Å². The maximum atomic E-state index is 11.8. The molecule has 0 heterocycles. The van der Waals surface area contributed by atoms with Crippen LogP contribution < -0.4 is 10.6 Å². The SMILES string of the molecule is O=C(CCNc1ccccc1Cl)Nc1ccccc1Br. The summed E-state index contributed by atoms with van der Waals surface area (Å²) in [6.45, 7) is 0.528. The van der Waals surface area contributed by atoms with E-state index in [-0.39, 0.29) is 5.91 Å². The van der Waals surface area contributed by atoms with E-state index >= 15 is 0 Å². The third kappa shape index (κ3) is 4.25. The van der Waals surface area contributed by atoms with Crippen molar-refractivity contribution < 1.29 is 4.79 Å². The molecule has 2 aromatic rings. The Kier molecular flexibility index (Phi) is 5.44. The number of rotatable bonds is 5. The molecule has 104 valence electrons. The minimum absolute atomic E-state index is 0.0450. The first-order valence-corrected chi connectivity index (χ1v) is 7.36. The summed E-state index contributed by atoms with van der Waals surface area (Å²) in [5.74, 6) is -0.0450. The molecule has 0 atom stereocenters. The topological polar surface area (TPSA) is 41.1 Å². The van der Waals surface area contributed by atoms with Crippen LogP contribution >= 0.6 is 27.5 Å². The molecule has 0 saturated heterocycles. The first-order chi connectivity index (χ1) is 9.66. The van der Waals surface area contributed by atoms with Gasteiger partial charge >= 0.3 is 0 Å². The second kappa shape index (κ2) is 7.31. The van der Waals surface area contributed by atoms with Crippen molar-refractivity contribution >= 4 is 44.8 Å². The first-order valence-electron chi connectivity index (χ1n) is 6.19. The summed E-state index contributed by atoms with van der Waals surface area (Å²) < 4.78 is 0.868. The van der Waals surface area contributed by atoms with Crippen LogP contribution in [0, 0.1) is 0 Å². The summed E-state index contributed by atoms with van der Waals surface area (Å²) in [5, 5.41) is 6.64. The molecule has 0 aromatic heterocycles. The van der Waals surface area contributed by atoms with Gasteiger partial charge in [0.05, 0.1) is 16.4 Å². The molecule has 0 radical (unpaired) electrons. The van der Waals surface area contributed by atoms with E-state index in [2.05, 4.69) is 26.6 Å². The minimum Gasteiger partial charge on any atom is -0.383 e. The van der Waals surface area contributed by atoms with E-state index in [1.165, 1.54) is 0 Å². The Bertz CT molecular complexity index is 604. The van der Waals surface area contributed by atoms with Crippen molar-refractivity contribution in [3.63, 3.8) is 0 Å². The van der Waals surface area contributed by atoms with Crippen LogP contribution in [0.25, 0.3) is 0 Å². The molecule has 1 amide bonds. The molecule has 0 spiro atoms. The lowest BCUT2D eigenvalue weighted by atomic mass is 10.3. The lowest BCUT2D eigenvalue weighted by molar-refractivity contribution is -0.115. The maximum absolute atomic E-state index is 11.8. The molecule has 0 fully saturated rings. The van der Waals surface area contributed by atoms with E-state index in [1.807, 2.05) is 48.5 Å². The Morgan fingerprint density at radius 1 is 1.05 bits per heavy atom. The number of halogens is 2. The summed E-state index contributed by atoms with van der Waals surface area (Å²) >= 11 is 9.41. The molecule has 0 saturated carbocycles. The van der Waals surface area contributed by atoms with Crippen LogP contribution in [0.5, 0.6) is 0 Å². The molecular formula is C15H14BrClN2O. The van der Waals surface area contributed by atoms with Crippen molar-refractivity contribution in [2.24, 2.45) is 0 Å². The average Bonchev–Trinajstić information content (AvgIpc) is 2.43. The Balaban J connectivity index is 1.82. The quantitative estimate of drug-likeness (QED) is 0.828. The van der Waals surface area contributed by atoms with Gasteiger partial charge in [0.2, 0.25) is 5.91 Å². The van der Waals surface area contributed by atoms with Gasteiger partial charge in [0.1, 0.15) is 0 Å². The van der Waals surface area contributed by atoms with Crippen LogP contribution in [0.1, 0.15) is 6.42 Å². The number of nitrogens with one attached hydrogen (secondary N) is 2. The molecule has 0 unspecified atom stereocenters. The monoisotopic (exact) mass is 352 g/mol. The zero-order valence-electron chi connectivity index (χ0n) is 10.7. The molecule has 20 heavy (non-hydrogen) atoms. The molecule has 0 aliphatic carbocycles. The lowest BCUT2D eigenvalue weighted by Crippen LogP contribution is -2.16. The van der Waals surface area contributed by atoms with Crippen molar-refractivity contribution in [2.45, 2.75) is 6.42 Å². The Hall–Kier alpha value is -1.52. The fourth-order valence-electron chi connectivity index (χ4n) is 1.69. The maximum Gasteiger partial charge on any atom is 0.226 e. The van der Waals surface area contributed by atoms with Gasteiger partial charge in [0.25, 0.3) is 0 Å². The van der Waals surface area contributed by atoms with Gasteiger partial charge < -0.3 is 10.6 Å². The number of amides is 1. The van der Waals surface area contributed by atoms with Gasteiger partial charge in [0, 0.05) is 17.4 Å². The summed E-state index contributed by atoms with van der Waals surface area (Å²) in [6, 6.07) is 15.0. The van der Waals surface area contributed by atoms with Crippen molar-refractivity contribution in [3.05, 3.63) is 58.0 Å². The second-order valence-corrected chi connectivity index (χ2v) is 5.45. The first kappa shape index (κ1) is 14.9. The third-order valence-electron chi connectivity index (χ3n) is 2.69. The summed E-state index contributed by atoms with van der Waals surface area (Å²) in [5.41, 5.74) is 1.61. The second-order valence-electron chi connectivity index (χ2n) is 4.18. The van der Waals surface area contributed by atoms with E-state index in [1.54, 1.807) is 0 Å². The number of carbonyl (C=O) groups excluding carboxylic acids is 1. The molecule has 0 aliphatic heterocycles.